The molecule has 0 bridgehead atoms. The number of nitrogens with one attached hydrogen (secondary N) is 2. The van der Waals surface area contributed by atoms with Crippen molar-refractivity contribution >= 4 is 17.5 Å². The molecule has 0 aliphatic heterocycles. The van der Waals surface area contributed by atoms with E-state index in [-0.39, 0.29) is 0 Å². The Morgan fingerprint density at radius 2 is 2.10 bits per heavy atom. The average molecular weight is 276 g/mol. The molecule has 1 aromatic rings. The Labute approximate surface area is 118 Å². The highest BCUT2D eigenvalue weighted by atomic mass is 16.6. The van der Waals surface area contributed by atoms with Crippen molar-refractivity contribution in [1.29, 1.82) is 5.26 Å². The Morgan fingerprint density at radius 3 is 2.70 bits per heavy atom. The van der Waals surface area contributed by atoms with Crippen molar-refractivity contribution in [2.45, 2.75) is 26.4 Å². The number of benzene rings is 1. The van der Waals surface area contributed by atoms with Gasteiger partial charge in [-0.25, -0.2) is 4.79 Å². The molecule has 1 aromatic carbocycles. The number of hydrogen-bond donors (Lipinski definition) is 3. The zero-order valence-corrected chi connectivity index (χ0v) is 12.0. The number of hydrogen-bond acceptors (Lipinski definition) is 5. The second-order valence-corrected chi connectivity index (χ2v) is 5.27. The molecular weight excluding hydrogens is 256 g/mol. The van der Waals surface area contributed by atoms with Gasteiger partial charge in [-0.15, -0.1) is 0 Å². The number of nitrogen functional groups attached to an aromatic ring is 1. The third-order valence-electron chi connectivity index (χ3n) is 2.30. The number of carbonyl (C=O) groups is 1. The van der Waals surface area contributed by atoms with Crippen molar-refractivity contribution in [3.05, 3.63) is 23.8 Å². The van der Waals surface area contributed by atoms with Gasteiger partial charge in [-0.1, -0.05) is 0 Å². The van der Waals surface area contributed by atoms with Gasteiger partial charge in [-0.3, -0.25) is 0 Å². The van der Waals surface area contributed by atoms with Crippen LogP contribution in [0.5, 0.6) is 0 Å². The Kier molecular flexibility index (Phi) is 5.21. The summed E-state index contributed by atoms with van der Waals surface area (Å²) in [5.74, 6) is 0. The van der Waals surface area contributed by atoms with Gasteiger partial charge < -0.3 is 21.1 Å². The second-order valence-electron chi connectivity index (χ2n) is 5.27. The van der Waals surface area contributed by atoms with Crippen molar-refractivity contribution in [3.8, 4) is 6.07 Å². The zero-order valence-electron chi connectivity index (χ0n) is 12.0. The number of anilines is 2. The van der Waals surface area contributed by atoms with Crippen LogP contribution in [0.2, 0.25) is 0 Å². The lowest BCUT2D eigenvalue weighted by molar-refractivity contribution is 0.0530. The molecule has 0 aliphatic rings. The van der Waals surface area contributed by atoms with Gasteiger partial charge in [-0.05, 0) is 39.0 Å². The van der Waals surface area contributed by atoms with Crippen LogP contribution in [0.4, 0.5) is 16.2 Å². The fourth-order valence-electron chi connectivity index (χ4n) is 1.45. The highest BCUT2D eigenvalue weighted by Crippen LogP contribution is 2.16. The van der Waals surface area contributed by atoms with Gasteiger partial charge in [0.2, 0.25) is 0 Å². The van der Waals surface area contributed by atoms with Crippen LogP contribution < -0.4 is 16.4 Å². The first kappa shape index (κ1) is 15.6. The first-order valence-corrected chi connectivity index (χ1v) is 6.32. The van der Waals surface area contributed by atoms with Crippen LogP contribution in [0, 0.1) is 11.3 Å². The molecule has 0 fully saturated rings. The minimum atomic E-state index is -0.504. The van der Waals surface area contributed by atoms with Crippen LogP contribution in [0.1, 0.15) is 26.3 Å². The monoisotopic (exact) mass is 276 g/mol. The van der Waals surface area contributed by atoms with Gasteiger partial charge in [0.1, 0.15) is 11.7 Å². The van der Waals surface area contributed by atoms with E-state index in [1.807, 2.05) is 26.8 Å². The van der Waals surface area contributed by atoms with E-state index in [0.29, 0.717) is 24.3 Å². The van der Waals surface area contributed by atoms with E-state index in [0.717, 1.165) is 5.69 Å². The topological polar surface area (TPSA) is 100 Å². The summed E-state index contributed by atoms with van der Waals surface area (Å²) < 4.78 is 5.10. The van der Waals surface area contributed by atoms with E-state index in [1.54, 1.807) is 18.2 Å². The van der Waals surface area contributed by atoms with Crippen molar-refractivity contribution < 1.29 is 9.53 Å². The first-order valence-electron chi connectivity index (χ1n) is 6.32. The third-order valence-corrected chi connectivity index (χ3v) is 2.30. The summed E-state index contributed by atoms with van der Waals surface area (Å²) in [6.45, 7) is 6.36. The summed E-state index contributed by atoms with van der Waals surface area (Å²) in [5.41, 5.74) is 6.78. The summed E-state index contributed by atoms with van der Waals surface area (Å²) >= 11 is 0. The maximum Gasteiger partial charge on any atom is 0.407 e. The lowest BCUT2D eigenvalue weighted by atomic mass is 10.2. The van der Waals surface area contributed by atoms with Crippen molar-refractivity contribution in [1.82, 2.24) is 5.32 Å². The van der Waals surface area contributed by atoms with Crippen LogP contribution in [-0.4, -0.2) is 24.8 Å². The fourth-order valence-corrected chi connectivity index (χ4v) is 1.45. The van der Waals surface area contributed by atoms with Crippen molar-refractivity contribution in [2.75, 3.05) is 24.1 Å². The number of ether oxygens (including phenoxy) is 1. The summed E-state index contributed by atoms with van der Waals surface area (Å²) in [6.07, 6.45) is -0.450. The number of carbonyl (C=O) groups excluding carboxylic acids is 1. The summed E-state index contributed by atoms with van der Waals surface area (Å²) in [6, 6.07) is 7.13. The molecule has 0 heterocycles. The van der Waals surface area contributed by atoms with Crippen molar-refractivity contribution in [3.63, 3.8) is 0 Å². The van der Waals surface area contributed by atoms with E-state index in [9.17, 15) is 4.79 Å². The number of nitriles is 1. The quantitative estimate of drug-likeness (QED) is 0.577. The summed E-state index contributed by atoms with van der Waals surface area (Å²) in [5, 5.41) is 14.6. The molecule has 0 aliphatic carbocycles. The van der Waals surface area contributed by atoms with E-state index < -0.39 is 11.7 Å². The maximum absolute atomic E-state index is 11.4. The third kappa shape index (κ3) is 5.48. The molecule has 1 amide bonds. The molecule has 6 heteroatoms. The Morgan fingerprint density at radius 1 is 1.40 bits per heavy atom. The molecule has 0 unspecified atom stereocenters. The lowest BCUT2D eigenvalue weighted by Crippen LogP contribution is -2.34. The predicted molar refractivity (Wildman–Crippen MR) is 78.3 cm³/mol. The number of alkyl carbamates (subject to hydrolysis) is 1. The van der Waals surface area contributed by atoms with E-state index >= 15 is 0 Å². The molecular formula is C14H20N4O2. The number of nitrogens with two attached hydrogens (primary N) is 1. The predicted octanol–water partition coefficient (Wildman–Crippen LogP) is 2.08. The van der Waals surface area contributed by atoms with Gasteiger partial charge >= 0.3 is 6.09 Å². The second kappa shape index (κ2) is 6.66. The van der Waals surface area contributed by atoms with Gasteiger partial charge in [0.15, 0.2) is 0 Å². The molecule has 1 rings (SSSR count). The maximum atomic E-state index is 11.4. The fraction of sp³-hybridized carbons (Fsp3) is 0.429. The highest BCUT2D eigenvalue weighted by Gasteiger charge is 2.15. The normalized spacial score (nSPS) is 10.5. The van der Waals surface area contributed by atoms with Crippen LogP contribution in [-0.2, 0) is 4.74 Å². The number of rotatable bonds is 4. The van der Waals surface area contributed by atoms with Crippen LogP contribution in [0.3, 0.4) is 0 Å². The van der Waals surface area contributed by atoms with Gasteiger partial charge in [-0.2, -0.15) is 5.26 Å². The first-order chi connectivity index (χ1) is 9.31. The molecule has 6 nitrogen and oxygen atoms in total. The van der Waals surface area contributed by atoms with Crippen LogP contribution in [0.25, 0.3) is 0 Å². The SMILES string of the molecule is CC(C)(C)OC(=O)NCCNc1ccc(N)c(C#N)c1. The molecule has 0 radical (unpaired) electrons. The molecule has 0 saturated carbocycles. The number of nitrogens with zero attached hydrogens (tertiary/aromatic N) is 1. The van der Waals surface area contributed by atoms with E-state index in [4.69, 9.17) is 15.7 Å². The van der Waals surface area contributed by atoms with Crippen molar-refractivity contribution in [2.24, 2.45) is 0 Å². The Hall–Kier alpha value is -2.42. The molecule has 4 N–H and O–H groups in total. The largest absolute Gasteiger partial charge is 0.444 e. The van der Waals surface area contributed by atoms with E-state index in [1.165, 1.54) is 0 Å². The minimum Gasteiger partial charge on any atom is -0.444 e. The number of amides is 1. The highest BCUT2D eigenvalue weighted by molar-refractivity contribution is 5.67. The lowest BCUT2D eigenvalue weighted by Gasteiger charge is -2.19. The molecule has 0 saturated heterocycles. The van der Waals surface area contributed by atoms with E-state index in [2.05, 4.69) is 10.6 Å². The van der Waals surface area contributed by atoms with Crippen LogP contribution in [0.15, 0.2) is 18.2 Å². The summed E-state index contributed by atoms with van der Waals surface area (Å²) in [4.78, 5) is 11.4. The average Bonchev–Trinajstić information content (AvgIpc) is 2.34. The van der Waals surface area contributed by atoms with Crippen LogP contribution >= 0.6 is 0 Å². The van der Waals surface area contributed by atoms with Gasteiger partial charge in [0.25, 0.3) is 0 Å². The molecule has 20 heavy (non-hydrogen) atoms. The molecule has 108 valence electrons. The molecule has 0 spiro atoms. The smallest absolute Gasteiger partial charge is 0.407 e. The Balaban J connectivity index is 2.35. The Bertz CT molecular complexity index is 515. The molecule has 0 atom stereocenters. The van der Waals surface area contributed by atoms with Gasteiger partial charge in [0, 0.05) is 24.5 Å². The zero-order chi connectivity index (χ0) is 15.2. The molecule has 0 aromatic heterocycles. The summed E-state index contributed by atoms with van der Waals surface area (Å²) in [7, 11) is 0. The van der Waals surface area contributed by atoms with Gasteiger partial charge in [0.05, 0.1) is 5.56 Å². The standard InChI is InChI=1S/C14H20N4O2/c1-14(2,3)20-13(19)18-7-6-17-11-4-5-12(16)10(8-11)9-15/h4-5,8,17H,6-7,16H2,1-3H3,(H,18,19). The minimum absolute atomic E-state index is 0.418.